The number of hydrogen-bond donors (Lipinski definition) is 1. The highest BCUT2D eigenvalue weighted by molar-refractivity contribution is 7.91. The molecule has 2 rings (SSSR count). The monoisotopic (exact) mass is 309 g/mol. The molecule has 0 unspecified atom stereocenters. The van der Waals surface area contributed by atoms with Gasteiger partial charge in [0.05, 0.1) is 23.0 Å². The maximum atomic E-state index is 12.2. The molecule has 2 aromatic rings. The number of nitrogens with two attached hydrogens (primary N) is 1. The first-order chi connectivity index (χ1) is 10.0. The molecule has 6 nitrogen and oxygen atoms in total. The van der Waals surface area contributed by atoms with Gasteiger partial charge in [0.2, 0.25) is 0 Å². The lowest BCUT2D eigenvalue weighted by Crippen LogP contribution is -2.14. The predicted octanol–water partition coefficient (Wildman–Crippen LogP) is 1.21. The number of aryl methyl sites for hydroxylation is 1. The molecule has 21 heavy (non-hydrogen) atoms. The Kier molecular flexibility index (Phi) is 4.98. The van der Waals surface area contributed by atoms with Crippen LogP contribution in [0.3, 0.4) is 0 Å². The van der Waals surface area contributed by atoms with Gasteiger partial charge in [-0.15, -0.1) is 0 Å². The van der Waals surface area contributed by atoms with E-state index >= 15 is 0 Å². The van der Waals surface area contributed by atoms with E-state index in [1.165, 1.54) is 0 Å². The van der Waals surface area contributed by atoms with Crippen LogP contribution in [0.4, 0.5) is 0 Å². The zero-order chi connectivity index (χ0) is 15.3. The van der Waals surface area contributed by atoms with Crippen LogP contribution in [0, 0.1) is 0 Å². The Morgan fingerprint density at radius 2 is 2.19 bits per heavy atom. The van der Waals surface area contributed by atoms with Crippen molar-refractivity contribution >= 4 is 9.84 Å². The molecule has 0 amide bonds. The zero-order valence-electron chi connectivity index (χ0n) is 11.9. The van der Waals surface area contributed by atoms with Gasteiger partial charge in [0.1, 0.15) is 6.61 Å². The van der Waals surface area contributed by atoms with E-state index in [4.69, 9.17) is 10.5 Å². The molecule has 114 valence electrons. The van der Waals surface area contributed by atoms with Gasteiger partial charge in [-0.2, -0.15) is 5.10 Å². The normalized spacial score (nSPS) is 11.5. The summed E-state index contributed by atoms with van der Waals surface area (Å²) < 4.78 is 31.6. The fourth-order valence-electron chi connectivity index (χ4n) is 1.85. The van der Waals surface area contributed by atoms with Crippen molar-refractivity contribution < 1.29 is 13.2 Å². The van der Waals surface area contributed by atoms with Gasteiger partial charge in [-0.3, -0.25) is 4.68 Å². The van der Waals surface area contributed by atoms with Crippen LogP contribution in [0.2, 0.25) is 0 Å². The van der Waals surface area contributed by atoms with Crippen molar-refractivity contribution in [3.63, 3.8) is 0 Å². The molecule has 0 saturated heterocycles. The van der Waals surface area contributed by atoms with Gasteiger partial charge in [-0.25, -0.2) is 8.42 Å². The van der Waals surface area contributed by atoms with Crippen LogP contribution in [0.25, 0.3) is 0 Å². The lowest BCUT2D eigenvalue weighted by molar-refractivity contribution is 0.340. The van der Waals surface area contributed by atoms with E-state index in [1.54, 1.807) is 41.3 Å². The Balaban J connectivity index is 1.97. The third-order valence-corrected chi connectivity index (χ3v) is 4.72. The van der Waals surface area contributed by atoms with Crippen molar-refractivity contribution in [2.75, 3.05) is 12.4 Å². The minimum atomic E-state index is -3.37. The standard InChI is InChI=1S/C14H19N3O3S/c1-2-17-11-13(10-16-17)20-6-7-21(18,19)14-5-3-4-12(8-14)9-15/h3-5,8,10-11H,2,6-7,9,15H2,1H3. The molecule has 0 fully saturated rings. The highest BCUT2D eigenvalue weighted by Gasteiger charge is 2.15. The minimum absolute atomic E-state index is 0.0850. The van der Waals surface area contributed by atoms with Crippen molar-refractivity contribution in [3.8, 4) is 5.75 Å². The highest BCUT2D eigenvalue weighted by atomic mass is 32.2. The maximum Gasteiger partial charge on any atom is 0.181 e. The van der Waals surface area contributed by atoms with Gasteiger partial charge in [-0.1, -0.05) is 12.1 Å². The molecule has 0 spiro atoms. The summed E-state index contributed by atoms with van der Waals surface area (Å²) in [5.74, 6) is 0.487. The zero-order valence-corrected chi connectivity index (χ0v) is 12.7. The fraction of sp³-hybridized carbons (Fsp3) is 0.357. The molecular formula is C14H19N3O3S. The number of rotatable bonds is 7. The molecule has 1 aromatic heterocycles. The molecule has 0 bridgehead atoms. The van der Waals surface area contributed by atoms with Gasteiger partial charge in [0, 0.05) is 13.1 Å². The number of nitrogens with zero attached hydrogens (tertiary/aromatic N) is 2. The molecule has 0 atom stereocenters. The fourth-order valence-corrected chi connectivity index (χ4v) is 3.00. The molecular weight excluding hydrogens is 290 g/mol. The van der Waals surface area contributed by atoms with Crippen LogP contribution < -0.4 is 10.5 Å². The van der Waals surface area contributed by atoms with E-state index in [0.29, 0.717) is 12.3 Å². The van der Waals surface area contributed by atoms with Crippen molar-refractivity contribution in [3.05, 3.63) is 42.2 Å². The van der Waals surface area contributed by atoms with Gasteiger partial charge in [0.15, 0.2) is 15.6 Å². The van der Waals surface area contributed by atoms with E-state index in [1.807, 2.05) is 6.92 Å². The molecule has 0 aliphatic carbocycles. The van der Waals surface area contributed by atoms with Crippen molar-refractivity contribution in [2.24, 2.45) is 5.73 Å². The third-order valence-electron chi connectivity index (χ3n) is 3.05. The molecule has 2 N–H and O–H groups in total. The molecule has 1 aromatic carbocycles. The molecule has 7 heteroatoms. The Morgan fingerprint density at radius 3 is 2.86 bits per heavy atom. The lowest BCUT2D eigenvalue weighted by Gasteiger charge is -2.07. The van der Waals surface area contributed by atoms with Crippen molar-refractivity contribution in [1.29, 1.82) is 0 Å². The van der Waals surface area contributed by atoms with Gasteiger partial charge in [0.25, 0.3) is 0 Å². The quantitative estimate of drug-likeness (QED) is 0.831. The predicted molar refractivity (Wildman–Crippen MR) is 79.8 cm³/mol. The van der Waals surface area contributed by atoms with E-state index in [2.05, 4.69) is 5.10 Å². The summed E-state index contributed by atoms with van der Waals surface area (Å²) in [5, 5.41) is 4.06. The SMILES string of the molecule is CCn1cc(OCCS(=O)(=O)c2cccc(CN)c2)cn1. The second-order valence-corrected chi connectivity index (χ2v) is 6.66. The van der Waals surface area contributed by atoms with E-state index in [9.17, 15) is 8.42 Å². The number of ether oxygens (including phenoxy) is 1. The first-order valence-electron chi connectivity index (χ1n) is 6.72. The van der Waals surface area contributed by atoms with Crippen LogP contribution in [0.15, 0.2) is 41.6 Å². The van der Waals surface area contributed by atoms with Crippen LogP contribution in [0.5, 0.6) is 5.75 Å². The van der Waals surface area contributed by atoms with E-state index in [0.717, 1.165) is 12.1 Å². The van der Waals surface area contributed by atoms with Crippen LogP contribution in [0.1, 0.15) is 12.5 Å². The first-order valence-corrected chi connectivity index (χ1v) is 8.37. The maximum absolute atomic E-state index is 12.2. The Morgan fingerprint density at radius 1 is 1.38 bits per heavy atom. The Bertz CT molecular complexity index is 695. The first kappa shape index (κ1) is 15.5. The highest BCUT2D eigenvalue weighted by Crippen LogP contribution is 2.14. The van der Waals surface area contributed by atoms with Crippen LogP contribution in [-0.4, -0.2) is 30.6 Å². The smallest absolute Gasteiger partial charge is 0.181 e. The van der Waals surface area contributed by atoms with Crippen LogP contribution >= 0.6 is 0 Å². The van der Waals surface area contributed by atoms with Gasteiger partial charge < -0.3 is 10.5 Å². The summed E-state index contributed by atoms with van der Waals surface area (Å²) in [6.45, 7) is 3.11. The molecule has 1 heterocycles. The summed E-state index contributed by atoms with van der Waals surface area (Å²) in [6, 6.07) is 6.67. The van der Waals surface area contributed by atoms with Gasteiger partial charge >= 0.3 is 0 Å². The molecule has 0 radical (unpaired) electrons. The third kappa shape index (κ3) is 4.05. The number of benzene rings is 1. The summed E-state index contributed by atoms with van der Waals surface area (Å²) in [5.41, 5.74) is 6.32. The van der Waals surface area contributed by atoms with Crippen molar-refractivity contribution in [1.82, 2.24) is 9.78 Å². The molecule has 0 saturated carbocycles. The van der Waals surface area contributed by atoms with Gasteiger partial charge in [-0.05, 0) is 24.6 Å². The van der Waals surface area contributed by atoms with Crippen molar-refractivity contribution in [2.45, 2.75) is 24.9 Å². The number of sulfone groups is 1. The summed E-state index contributed by atoms with van der Waals surface area (Å²) >= 11 is 0. The largest absolute Gasteiger partial charge is 0.489 e. The van der Waals surface area contributed by atoms with Crippen LogP contribution in [-0.2, 0) is 22.9 Å². The second-order valence-electron chi connectivity index (χ2n) is 4.55. The summed E-state index contributed by atoms with van der Waals surface area (Å²) in [4.78, 5) is 0.276. The average molecular weight is 309 g/mol. The number of aromatic nitrogens is 2. The topological polar surface area (TPSA) is 87.2 Å². The Labute approximate surface area is 124 Å². The average Bonchev–Trinajstić information content (AvgIpc) is 2.95. The number of hydrogen-bond acceptors (Lipinski definition) is 5. The Hall–Kier alpha value is -1.86. The lowest BCUT2D eigenvalue weighted by atomic mass is 10.2. The molecule has 0 aliphatic heterocycles. The van der Waals surface area contributed by atoms with E-state index < -0.39 is 9.84 Å². The molecule has 0 aliphatic rings. The van der Waals surface area contributed by atoms with E-state index in [-0.39, 0.29) is 17.3 Å². The second kappa shape index (κ2) is 6.73. The minimum Gasteiger partial charge on any atom is -0.489 e. The summed E-state index contributed by atoms with van der Waals surface area (Å²) in [7, 11) is -3.37. The summed E-state index contributed by atoms with van der Waals surface area (Å²) in [6.07, 6.45) is 3.31.